The third kappa shape index (κ3) is 17.4. The van der Waals surface area contributed by atoms with Crippen molar-refractivity contribution >= 4 is 198 Å². The van der Waals surface area contributed by atoms with E-state index < -0.39 is 116 Å². The Hall–Kier alpha value is -7.56. The summed E-state index contributed by atoms with van der Waals surface area (Å²) in [5.41, 5.74) is 40.6. The first-order valence-corrected chi connectivity index (χ1v) is 44.4. The van der Waals surface area contributed by atoms with Gasteiger partial charge in [-0.05, 0) is 0 Å². The number of rotatable bonds is 16. The van der Waals surface area contributed by atoms with Crippen LogP contribution in [0.5, 0.6) is 0 Å². The molecular weight excluding hydrogens is 1960 g/mol. The van der Waals surface area contributed by atoms with Gasteiger partial charge in [-0.1, -0.05) is 38.5 Å². The Morgan fingerprint density at radius 2 is 0.653 bits per heavy atom. The van der Waals surface area contributed by atoms with Crippen LogP contribution in [-0.2, 0) is 28.4 Å². The number of imidazole rings is 6. The van der Waals surface area contributed by atoms with Crippen LogP contribution in [0.15, 0.2) is 75.9 Å². The second kappa shape index (κ2) is 38.7. The molecule has 24 atom stereocenters. The molecule has 0 saturated carbocycles. The average Bonchev–Trinajstić information content (AvgIpc) is 1.65. The van der Waals surface area contributed by atoms with Gasteiger partial charge in [0.2, 0.25) is 0 Å². The maximum absolute atomic E-state index is 10.4. The Balaban J connectivity index is 0.000000123. The van der Waals surface area contributed by atoms with E-state index >= 15 is 0 Å². The number of alkyl halides is 3. The van der Waals surface area contributed by atoms with Crippen LogP contribution < -0.4 is 34.4 Å². The molecule has 0 amide bonds. The van der Waals surface area contributed by atoms with E-state index in [0.717, 1.165) is 11.7 Å². The quantitative estimate of drug-likeness (QED) is 0.0247. The SMILES string of the molecule is CCC[Se]C1[C@@H](O)[C@@H](CO)O[C@H]1n1cnc2c(N)ncnc21.C[Se]C1[C@@H](O)[C@@H](CO)O[C@H]1n1cnc2c(N)ncnc21.Nc1ncnc2c1ncn2[C@@H]1O[C@H](CO)[C@H](O)C1Br.Nc1ncnc2c1ncn2[C@@H]1O[C@H](CO)[C@H](O)C1Cl.Nc1ncnc2c1ncn2[C@@H]1O[C@H](CO)[C@H](O)C1I.Nc1ncnc2c1ncn2[C@@H]1O[C@H](CO)[C@H](O)C1[SeH]. The molecule has 0 spiro atoms. The molecule has 24 N–H and O–H groups in total. The number of nitrogens with two attached hydrogens (primary N) is 6. The molecular formula is C64H83BrClIN30O18Se3. The number of anilines is 6. The van der Waals surface area contributed by atoms with Crippen molar-refractivity contribution in [3.63, 3.8) is 0 Å². The van der Waals surface area contributed by atoms with Crippen LogP contribution in [0.3, 0.4) is 0 Å². The van der Waals surface area contributed by atoms with Gasteiger partial charge in [0.25, 0.3) is 0 Å². The molecule has 54 heteroatoms. The minimum atomic E-state index is -0.965. The van der Waals surface area contributed by atoms with Gasteiger partial charge in [-0.3, -0.25) is 13.7 Å². The molecule has 636 valence electrons. The van der Waals surface area contributed by atoms with Gasteiger partial charge in [0.15, 0.2) is 53.1 Å². The summed E-state index contributed by atoms with van der Waals surface area (Å²) >= 11 is 14.3. The topological polar surface area (TPSA) is 716 Å². The van der Waals surface area contributed by atoms with Crippen molar-refractivity contribution < 1.29 is 89.7 Å². The molecule has 6 unspecified atom stereocenters. The predicted molar refractivity (Wildman–Crippen MR) is 431 cm³/mol. The van der Waals surface area contributed by atoms with Crippen LogP contribution in [0, 0.1) is 0 Å². The Morgan fingerprint density at radius 1 is 0.381 bits per heavy atom. The van der Waals surface area contributed by atoms with Gasteiger partial charge >= 0.3 is 370 Å². The van der Waals surface area contributed by atoms with Crippen LogP contribution in [-0.4, -0.2) is 351 Å². The number of ether oxygens (including phenoxy) is 6. The van der Waals surface area contributed by atoms with Gasteiger partial charge < -0.3 is 62.1 Å². The van der Waals surface area contributed by atoms with E-state index in [0.29, 0.717) is 90.3 Å². The fraction of sp³-hybridized carbons (Fsp3) is 0.531. The Bertz CT molecular complexity index is 4950. The molecule has 6 saturated heterocycles. The number of nitrogens with zero attached hydrogens (tertiary/aromatic N) is 24. The molecule has 12 aromatic heterocycles. The second-order valence-corrected chi connectivity index (χ2v) is 35.9. The number of aromatic nitrogens is 24. The second-order valence-electron chi connectivity index (χ2n) is 26.8. The number of hydrogen-bond donors (Lipinski definition) is 18. The van der Waals surface area contributed by atoms with Gasteiger partial charge in [0.05, 0.1) is 59.8 Å². The fourth-order valence-electron chi connectivity index (χ4n) is 13.6. The Kier molecular flexibility index (Phi) is 28.9. The van der Waals surface area contributed by atoms with E-state index in [1.54, 1.807) is 52.7 Å². The van der Waals surface area contributed by atoms with E-state index in [1.165, 1.54) is 50.6 Å². The standard InChI is InChI=1S/C13H19N5O3Se.C11H15N5O3Se.C10H12BrN5O3.C10H12ClN5O3.C10H12IN5O3.C10H13N5O3Se/c1-2-3-22-10-9(20)7(4-19)21-13(10)18-6-17-8-11(14)15-5-16-12(8)18;1-20-8-7(18)5(2-17)19-11(8)16-4-15-6-9(12)13-3-14-10(6)16;3*11-5-7(18)4(1-17)19-10(5)16-3-15-6-8(12)13-2-14-9(6)16;11-8-5-9(13-2-12-8)15(3-14-5)10-7(19)6(17)4(1-16)18-10/h5-7,9-10,13,19-20H,2-4H2,1H3,(H2,14,15,16);3-5,7-8,11,17-18H,2H2,1H3,(H2,12,13,14);3*2-5,7,10,17-18H,1H2,(H2,12,13,14);2-4,6-7,10,16-17,19H,1H2,(H2,11,12,13)/t7-,9+,10?,13-;5-,7+,8?,11-;3*4-,5?,7+,10-;4-,6+,7?,10-/m111111/s1. The molecule has 0 aliphatic carbocycles. The molecule has 18 rings (SSSR count). The summed E-state index contributed by atoms with van der Waals surface area (Å²) in [4.78, 5) is 72.4. The zero-order chi connectivity index (χ0) is 84.2. The molecule has 0 radical (unpaired) electrons. The van der Waals surface area contributed by atoms with Gasteiger partial charge in [0, 0.05) is 0 Å². The number of halogens is 3. The summed E-state index contributed by atoms with van der Waals surface area (Å²) in [6.07, 6.45) is 7.17. The van der Waals surface area contributed by atoms with Crippen molar-refractivity contribution in [2.45, 2.75) is 164 Å². The summed E-state index contributed by atoms with van der Waals surface area (Å²) in [7, 11) is 0. The summed E-state index contributed by atoms with van der Waals surface area (Å²) in [5.74, 6) is 3.79. The summed E-state index contributed by atoms with van der Waals surface area (Å²) in [6.45, 7) is 0.641. The van der Waals surface area contributed by atoms with E-state index in [1.807, 2.05) is 5.82 Å². The first-order chi connectivity index (χ1) is 56.9. The normalized spacial score (nSPS) is 30.5. The van der Waals surface area contributed by atoms with Crippen LogP contribution in [0.1, 0.15) is 50.7 Å². The van der Waals surface area contributed by atoms with Crippen LogP contribution in [0.2, 0.25) is 25.6 Å². The predicted octanol–water partition coefficient (Wildman–Crippen LogP) is -4.32. The van der Waals surface area contributed by atoms with E-state index in [-0.39, 0.29) is 104 Å². The van der Waals surface area contributed by atoms with Crippen molar-refractivity contribution in [1.82, 2.24) is 117 Å². The van der Waals surface area contributed by atoms with Gasteiger partial charge in [-0.15, -0.1) is 11.6 Å². The molecule has 6 aliphatic rings. The molecule has 118 heavy (non-hydrogen) atoms. The monoisotopic (exact) mass is 2040 g/mol. The molecule has 48 nitrogen and oxygen atoms in total. The van der Waals surface area contributed by atoms with Crippen molar-refractivity contribution in [1.29, 1.82) is 0 Å². The number of nitrogen functional groups attached to an aromatic ring is 6. The molecule has 18 heterocycles. The van der Waals surface area contributed by atoms with Gasteiger partial charge in [-0.25, -0.2) is 44.9 Å². The summed E-state index contributed by atoms with van der Waals surface area (Å²) in [6, 6.07) is 0. The van der Waals surface area contributed by atoms with E-state index in [2.05, 4.69) is 151 Å². The van der Waals surface area contributed by atoms with Crippen LogP contribution >= 0.6 is 50.1 Å². The number of hydrogen-bond acceptors (Lipinski definition) is 42. The third-order valence-corrected chi connectivity index (χ3v) is 29.1. The van der Waals surface area contributed by atoms with E-state index in [9.17, 15) is 40.9 Å². The molecule has 0 aromatic carbocycles. The van der Waals surface area contributed by atoms with Gasteiger partial charge in [-0.2, -0.15) is 0 Å². The van der Waals surface area contributed by atoms with E-state index in [4.69, 9.17) is 94.9 Å². The van der Waals surface area contributed by atoms with Crippen molar-refractivity contribution in [3.05, 3.63) is 75.9 Å². The molecule has 12 aromatic rings. The average molecular weight is 2040 g/mol. The molecule has 6 fully saturated rings. The molecule has 6 aliphatic heterocycles. The number of fused-ring (bicyclic) bond motifs is 6. The van der Waals surface area contributed by atoms with Crippen molar-refractivity contribution in [2.24, 2.45) is 0 Å². The summed E-state index contributed by atoms with van der Waals surface area (Å²) < 4.78 is 44.0. The first kappa shape index (κ1) is 88.2. The van der Waals surface area contributed by atoms with Gasteiger partial charge in [0.1, 0.15) is 65.3 Å². The van der Waals surface area contributed by atoms with Crippen molar-refractivity contribution in [3.8, 4) is 0 Å². The fourth-order valence-corrected chi connectivity index (χ4v) is 20.9. The Labute approximate surface area is 713 Å². The maximum atomic E-state index is 10.4. The molecule has 0 bridgehead atoms. The Morgan fingerprint density at radius 3 is 0.983 bits per heavy atom. The van der Waals surface area contributed by atoms with Crippen LogP contribution in [0.25, 0.3) is 67.0 Å². The zero-order valence-corrected chi connectivity index (χ0v) is 71.7. The van der Waals surface area contributed by atoms with Crippen LogP contribution in [0.4, 0.5) is 34.9 Å². The minimum absolute atomic E-state index is 0.0572. The number of aliphatic hydroxyl groups is 12. The number of aliphatic hydroxyl groups excluding tert-OH is 12. The summed E-state index contributed by atoms with van der Waals surface area (Å²) in [5, 5.41) is 116. The third-order valence-electron chi connectivity index (χ3n) is 19.7. The first-order valence-electron chi connectivity index (χ1n) is 35.9. The van der Waals surface area contributed by atoms with Crippen molar-refractivity contribution in [2.75, 3.05) is 74.0 Å². The zero-order valence-electron chi connectivity index (χ0n) is 61.9.